The highest BCUT2D eigenvalue weighted by molar-refractivity contribution is 7.93. The second-order valence-corrected chi connectivity index (χ2v) is 7.28. The van der Waals surface area contributed by atoms with Gasteiger partial charge in [-0.1, -0.05) is 18.3 Å². The number of nitrogens with zero attached hydrogens (tertiary/aromatic N) is 4. The van der Waals surface area contributed by atoms with E-state index in [4.69, 9.17) is 0 Å². The van der Waals surface area contributed by atoms with Crippen LogP contribution in [0.15, 0.2) is 17.3 Å². The second kappa shape index (κ2) is 6.96. The molecule has 0 aliphatic heterocycles. The maximum Gasteiger partial charge on any atom is 0.266 e. The van der Waals surface area contributed by atoms with Crippen LogP contribution in [0.1, 0.15) is 18.4 Å². The molecule has 0 radical (unpaired) electrons. The monoisotopic (exact) mass is 330 g/mol. The van der Waals surface area contributed by atoms with Gasteiger partial charge in [0.2, 0.25) is 5.13 Å². The minimum Gasteiger partial charge on any atom is -0.315 e. The number of aryl methyl sites for hydroxylation is 1. The molecule has 0 bridgehead atoms. The number of aromatic nitrogens is 4. The van der Waals surface area contributed by atoms with Crippen LogP contribution >= 0.6 is 11.3 Å². The van der Waals surface area contributed by atoms with Gasteiger partial charge in [-0.3, -0.25) is 9.40 Å². The van der Waals surface area contributed by atoms with Gasteiger partial charge in [0, 0.05) is 12.7 Å². The van der Waals surface area contributed by atoms with E-state index in [0.717, 1.165) is 19.5 Å². The van der Waals surface area contributed by atoms with Crippen LogP contribution in [0.5, 0.6) is 0 Å². The van der Waals surface area contributed by atoms with Gasteiger partial charge < -0.3 is 5.32 Å². The molecule has 10 heteroatoms. The molecule has 0 spiro atoms. The van der Waals surface area contributed by atoms with Gasteiger partial charge in [-0.2, -0.15) is 5.10 Å². The predicted octanol–water partition coefficient (Wildman–Crippen LogP) is 0.843. The lowest BCUT2D eigenvalue weighted by Gasteiger charge is -2.03. The summed E-state index contributed by atoms with van der Waals surface area (Å²) < 4.78 is 28.3. The zero-order chi connectivity index (χ0) is 15.3. The summed E-state index contributed by atoms with van der Waals surface area (Å²) in [5.41, 5.74) is 0. The zero-order valence-electron chi connectivity index (χ0n) is 11.9. The Balaban J connectivity index is 1.98. The van der Waals surface area contributed by atoms with Crippen LogP contribution in [0.4, 0.5) is 5.13 Å². The Labute approximate surface area is 127 Å². The highest BCUT2D eigenvalue weighted by Gasteiger charge is 2.18. The summed E-state index contributed by atoms with van der Waals surface area (Å²) >= 11 is 1.19. The Bertz CT molecular complexity index is 678. The van der Waals surface area contributed by atoms with Crippen molar-refractivity contribution in [3.63, 3.8) is 0 Å². The Morgan fingerprint density at radius 1 is 1.33 bits per heavy atom. The number of nitrogens with one attached hydrogen (secondary N) is 2. The van der Waals surface area contributed by atoms with Crippen molar-refractivity contribution >= 4 is 26.5 Å². The molecular formula is C11H18N6O2S2. The minimum absolute atomic E-state index is 0.117. The van der Waals surface area contributed by atoms with E-state index in [1.807, 2.05) is 0 Å². The fourth-order valence-electron chi connectivity index (χ4n) is 1.61. The molecule has 2 aromatic rings. The molecule has 0 amide bonds. The molecule has 2 heterocycles. The molecule has 0 atom stereocenters. The van der Waals surface area contributed by atoms with Crippen LogP contribution in [0.25, 0.3) is 0 Å². The molecule has 0 aromatic carbocycles. The molecule has 0 fully saturated rings. The van der Waals surface area contributed by atoms with E-state index in [9.17, 15) is 8.42 Å². The van der Waals surface area contributed by atoms with E-state index in [2.05, 4.69) is 32.3 Å². The summed E-state index contributed by atoms with van der Waals surface area (Å²) in [5, 5.41) is 15.8. The highest BCUT2D eigenvalue weighted by Crippen LogP contribution is 2.18. The van der Waals surface area contributed by atoms with Crippen molar-refractivity contribution in [2.24, 2.45) is 0 Å². The van der Waals surface area contributed by atoms with E-state index >= 15 is 0 Å². The van der Waals surface area contributed by atoms with E-state index in [1.54, 1.807) is 11.6 Å². The molecule has 8 nitrogen and oxygen atoms in total. The Morgan fingerprint density at radius 3 is 2.81 bits per heavy atom. The van der Waals surface area contributed by atoms with Crippen molar-refractivity contribution < 1.29 is 8.42 Å². The van der Waals surface area contributed by atoms with Crippen LogP contribution in [0, 0.1) is 6.92 Å². The quantitative estimate of drug-likeness (QED) is 0.696. The Morgan fingerprint density at radius 2 is 2.14 bits per heavy atom. The Kier molecular flexibility index (Phi) is 5.26. The molecule has 0 saturated heterocycles. The first kappa shape index (κ1) is 15.9. The molecule has 0 unspecified atom stereocenters. The zero-order valence-corrected chi connectivity index (χ0v) is 13.5. The van der Waals surface area contributed by atoms with Gasteiger partial charge in [0.05, 0.1) is 12.7 Å². The van der Waals surface area contributed by atoms with Gasteiger partial charge in [-0.15, -0.1) is 10.2 Å². The molecule has 2 aromatic heterocycles. The molecular weight excluding hydrogens is 312 g/mol. The van der Waals surface area contributed by atoms with Crippen molar-refractivity contribution in [2.45, 2.75) is 31.7 Å². The summed E-state index contributed by atoms with van der Waals surface area (Å²) in [7, 11) is -3.66. The number of anilines is 1. The van der Waals surface area contributed by atoms with Crippen LogP contribution < -0.4 is 10.0 Å². The van der Waals surface area contributed by atoms with E-state index in [-0.39, 0.29) is 10.0 Å². The first-order chi connectivity index (χ1) is 10.0. The molecule has 2 rings (SSSR count). The highest BCUT2D eigenvalue weighted by atomic mass is 32.2. The third kappa shape index (κ3) is 4.48. The van der Waals surface area contributed by atoms with Crippen molar-refractivity contribution in [3.05, 3.63) is 17.4 Å². The smallest absolute Gasteiger partial charge is 0.266 e. The third-order valence-corrected chi connectivity index (χ3v) is 4.79. The van der Waals surface area contributed by atoms with Crippen molar-refractivity contribution in [1.29, 1.82) is 0 Å². The van der Waals surface area contributed by atoms with Gasteiger partial charge in [0.25, 0.3) is 10.0 Å². The van der Waals surface area contributed by atoms with Crippen LogP contribution in [0.2, 0.25) is 0 Å². The normalized spacial score (nSPS) is 11.7. The molecule has 0 aliphatic rings. The average Bonchev–Trinajstić information content (AvgIpc) is 3.04. The summed E-state index contributed by atoms with van der Waals surface area (Å²) in [6, 6.07) is 0. The second-order valence-electron chi connectivity index (χ2n) is 4.42. The van der Waals surface area contributed by atoms with Gasteiger partial charge in [-0.05, 0) is 19.9 Å². The van der Waals surface area contributed by atoms with Gasteiger partial charge >= 0.3 is 0 Å². The van der Waals surface area contributed by atoms with Gasteiger partial charge in [0.15, 0.2) is 0 Å². The fourth-order valence-corrected chi connectivity index (χ4v) is 3.39. The predicted molar refractivity (Wildman–Crippen MR) is 80.8 cm³/mol. The summed E-state index contributed by atoms with van der Waals surface area (Å²) in [6.45, 7) is 6.15. The van der Waals surface area contributed by atoms with Crippen molar-refractivity contribution in [2.75, 3.05) is 17.8 Å². The number of sulfonamides is 1. The largest absolute Gasteiger partial charge is 0.315 e. The molecule has 0 saturated carbocycles. The van der Waals surface area contributed by atoms with Gasteiger partial charge in [0.1, 0.15) is 9.90 Å². The van der Waals surface area contributed by atoms with Crippen LogP contribution in [-0.4, -0.2) is 41.5 Å². The van der Waals surface area contributed by atoms with Gasteiger partial charge in [-0.25, -0.2) is 8.42 Å². The molecule has 21 heavy (non-hydrogen) atoms. The first-order valence-electron chi connectivity index (χ1n) is 6.57. The first-order valence-corrected chi connectivity index (χ1v) is 8.87. The van der Waals surface area contributed by atoms with Crippen LogP contribution in [-0.2, 0) is 16.6 Å². The van der Waals surface area contributed by atoms with Crippen LogP contribution in [0.3, 0.4) is 0 Å². The topological polar surface area (TPSA) is 102 Å². The fraction of sp³-hybridized carbons (Fsp3) is 0.545. The van der Waals surface area contributed by atoms with Crippen molar-refractivity contribution in [3.8, 4) is 0 Å². The molecule has 2 N–H and O–H groups in total. The SMILES string of the molecule is CCCNCCn1cc(S(=O)(=O)Nc2nnc(C)s2)cn1. The standard InChI is InChI=1S/C11H18N6O2S2/c1-3-4-12-5-6-17-8-10(7-13-17)21(18,19)16-11-15-14-9(2)20-11/h7-8,12H,3-6H2,1-2H3,(H,15,16). The number of hydrogen-bond acceptors (Lipinski definition) is 7. The molecule has 116 valence electrons. The lowest BCUT2D eigenvalue weighted by molar-refractivity contribution is 0.552. The van der Waals surface area contributed by atoms with Crippen molar-refractivity contribution in [1.82, 2.24) is 25.3 Å². The third-order valence-electron chi connectivity index (χ3n) is 2.61. The lowest BCUT2D eigenvalue weighted by Crippen LogP contribution is -2.20. The number of rotatable bonds is 8. The summed E-state index contributed by atoms with van der Waals surface area (Å²) in [5.74, 6) is 0. The summed E-state index contributed by atoms with van der Waals surface area (Å²) in [4.78, 5) is 0.117. The number of hydrogen-bond donors (Lipinski definition) is 2. The summed E-state index contributed by atoms with van der Waals surface area (Å²) in [6.07, 6.45) is 3.89. The Hall–Kier alpha value is -1.52. The van der Waals surface area contributed by atoms with E-state index in [0.29, 0.717) is 11.6 Å². The average molecular weight is 330 g/mol. The lowest BCUT2D eigenvalue weighted by atomic mass is 10.5. The maximum absolute atomic E-state index is 12.2. The van der Waals surface area contributed by atoms with E-state index < -0.39 is 10.0 Å². The molecule has 0 aliphatic carbocycles. The van der Waals surface area contributed by atoms with E-state index in [1.165, 1.54) is 23.7 Å². The maximum atomic E-state index is 12.2. The minimum atomic E-state index is -3.66.